The molecule has 2 amide bonds. The molecule has 5 heteroatoms. The van der Waals surface area contributed by atoms with Gasteiger partial charge < -0.3 is 16.0 Å². The maximum Gasteiger partial charge on any atom is 0.239 e. The van der Waals surface area contributed by atoms with Crippen molar-refractivity contribution in [1.29, 1.82) is 0 Å². The van der Waals surface area contributed by atoms with Crippen molar-refractivity contribution in [3.8, 4) is 0 Å². The van der Waals surface area contributed by atoms with Crippen LogP contribution >= 0.6 is 0 Å². The van der Waals surface area contributed by atoms with E-state index in [4.69, 9.17) is 0 Å². The summed E-state index contributed by atoms with van der Waals surface area (Å²) in [4.78, 5) is 22.4. The molecular weight excluding hydrogens is 230 g/mol. The molecular formula is C13H19N3O2. The molecule has 3 N–H and O–H groups in total. The van der Waals surface area contributed by atoms with Crippen molar-refractivity contribution in [2.24, 2.45) is 0 Å². The van der Waals surface area contributed by atoms with Gasteiger partial charge in [0.25, 0.3) is 0 Å². The van der Waals surface area contributed by atoms with E-state index < -0.39 is 0 Å². The van der Waals surface area contributed by atoms with Gasteiger partial charge in [-0.05, 0) is 30.7 Å². The first-order chi connectivity index (χ1) is 8.65. The molecule has 18 heavy (non-hydrogen) atoms. The van der Waals surface area contributed by atoms with Crippen molar-refractivity contribution >= 4 is 23.2 Å². The third-order valence-corrected chi connectivity index (χ3v) is 2.38. The standard InChI is InChI=1S/C13H19N3O2/c1-3-4-12(17)16-11-7-5-10(6-8-11)15-9-13(18)14-2/h5-8,15H,3-4,9H2,1-2H3,(H,14,18)(H,16,17). The van der Waals surface area contributed by atoms with Crippen molar-refractivity contribution in [1.82, 2.24) is 5.32 Å². The summed E-state index contributed by atoms with van der Waals surface area (Å²) in [6.45, 7) is 2.20. The molecule has 98 valence electrons. The molecule has 0 aliphatic rings. The Morgan fingerprint density at radius 3 is 2.22 bits per heavy atom. The van der Waals surface area contributed by atoms with Gasteiger partial charge in [0.2, 0.25) is 11.8 Å². The van der Waals surface area contributed by atoms with Crippen molar-refractivity contribution in [2.45, 2.75) is 19.8 Å². The minimum Gasteiger partial charge on any atom is -0.376 e. The number of rotatable bonds is 6. The van der Waals surface area contributed by atoms with Crippen molar-refractivity contribution in [3.05, 3.63) is 24.3 Å². The van der Waals surface area contributed by atoms with Crippen LogP contribution in [-0.2, 0) is 9.59 Å². The predicted molar refractivity (Wildman–Crippen MR) is 72.5 cm³/mol. The molecule has 5 nitrogen and oxygen atoms in total. The third kappa shape index (κ3) is 4.86. The van der Waals surface area contributed by atoms with Crippen LogP contribution in [0.15, 0.2) is 24.3 Å². The molecule has 0 bridgehead atoms. The molecule has 0 radical (unpaired) electrons. The van der Waals surface area contributed by atoms with Gasteiger partial charge in [-0.3, -0.25) is 9.59 Å². The van der Waals surface area contributed by atoms with Crippen LogP contribution in [0.3, 0.4) is 0 Å². The Hall–Kier alpha value is -2.04. The van der Waals surface area contributed by atoms with Gasteiger partial charge in [0.05, 0.1) is 6.54 Å². The second kappa shape index (κ2) is 7.32. The van der Waals surface area contributed by atoms with Crippen LogP contribution in [0.5, 0.6) is 0 Å². The zero-order valence-corrected chi connectivity index (χ0v) is 10.7. The topological polar surface area (TPSA) is 70.2 Å². The van der Waals surface area contributed by atoms with Gasteiger partial charge in [0, 0.05) is 24.8 Å². The summed E-state index contributed by atoms with van der Waals surface area (Å²) in [5, 5.41) is 8.30. The Bertz CT molecular complexity index is 401. The molecule has 0 unspecified atom stereocenters. The smallest absolute Gasteiger partial charge is 0.239 e. The van der Waals surface area contributed by atoms with Gasteiger partial charge in [0.15, 0.2) is 0 Å². The fourth-order valence-electron chi connectivity index (χ4n) is 1.39. The normalized spacial score (nSPS) is 9.67. The highest BCUT2D eigenvalue weighted by molar-refractivity contribution is 5.90. The van der Waals surface area contributed by atoms with E-state index in [2.05, 4.69) is 16.0 Å². The fraction of sp³-hybridized carbons (Fsp3) is 0.385. The van der Waals surface area contributed by atoms with Crippen molar-refractivity contribution < 1.29 is 9.59 Å². The van der Waals surface area contributed by atoms with E-state index in [-0.39, 0.29) is 18.4 Å². The SMILES string of the molecule is CCCC(=O)Nc1ccc(NCC(=O)NC)cc1. The minimum absolute atomic E-state index is 0.0172. The lowest BCUT2D eigenvalue weighted by Crippen LogP contribution is -2.26. The quantitative estimate of drug-likeness (QED) is 0.717. The van der Waals surface area contributed by atoms with Crippen LogP contribution in [0.1, 0.15) is 19.8 Å². The largest absolute Gasteiger partial charge is 0.376 e. The lowest BCUT2D eigenvalue weighted by molar-refractivity contribution is -0.119. The summed E-state index contributed by atoms with van der Waals surface area (Å²) in [5.41, 5.74) is 1.60. The average Bonchev–Trinajstić information content (AvgIpc) is 2.37. The molecule has 0 saturated heterocycles. The molecule has 0 spiro atoms. The molecule has 0 atom stereocenters. The molecule has 0 saturated carbocycles. The molecule has 0 aliphatic carbocycles. The first kappa shape index (κ1) is 14.0. The van der Waals surface area contributed by atoms with E-state index in [0.717, 1.165) is 17.8 Å². The van der Waals surface area contributed by atoms with Crippen LogP contribution in [0.25, 0.3) is 0 Å². The maximum absolute atomic E-state index is 11.4. The Morgan fingerprint density at radius 2 is 1.67 bits per heavy atom. The molecule has 0 aromatic heterocycles. The van der Waals surface area contributed by atoms with Crippen LogP contribution < -0.4 is 16.0 Å². The van der Waals surface area contributed by atoms with Gasteiger partial charge in [0.1, 0.15) is 0 Å². The van der Waals surface area contributed by atoms with Gasteiger partial charge in [-0.25, -0.2) is 0 Å². The summed E-state index contributed by atoms with van der Waals surface area (Å²) < 4.78 is 0. The lowest BCUT2D eigenvalue weighted by atomic mass is 10.2. The van der Waals surface area contributed by atoms with Gasteiger partial charge in [-0.15, -0.1) is 0 Å². The number of carbonyl (C=O) groups excluding carboxylic acids is 2. The highest BCUT2D eigenvalue weighted by Gasteiger charge is 2.01. The summed E-state index contributed by atoms with van der Waals surface area (Å²) in [7, 11) is 1.59. The molecule has 1 rings (SSSR count). The van der Waals surface area contributed by atoms with Gasteiger partial charge in [-0.1, -0.05) is 6.92 Å². The van der Waals surface area contributed by atoms with Gasteiger partial charge >= 0.3 is 0 Å². The molecule has 0 aliphatic heterocycles. The highest BCUT2D eigenvalue weighted by Crippen LogP contribution is 2.13. The zero-order chi connectivity index (χ0) is 13.4. The number of carbonyl (C=O) groups is 2. The number of benzene rings is 1. The third-order valence-electron chi connectivity index (χ3n) is 2.38. The predicted octanol–water partition coefficient (Wildman–Crippen LogP) is 1.58. The summed E-state index contributed by atoms with van der Waals surface area (Å²) in [5.74, 6) is -0.0566. The number of nitrogens with one attached hydrogen (secondary N) is 3. The number of hydrogen-bond donors (Lipinski definition) is 3. The Morgan fingerprint density at radius 1 is 1.06 bits per heavy atom. The highest BCUT2D eigenvalue weighted by atomic mass is 16.2. The fourth-order valence-corrected chi connectivity index (χ4v) is 1.39. The molecule has 1 aromatic carbocycles. The first-order valence-electron chi connectivity index (χ1n) is 6.00. The van der Waals surface area contributed by atoms with Crippen molar-refractivity contribution in [3.63, 3.8) is 0 Å². The lowest BCUT2D eigenvalue weighted by Gasteiger charge is -2.07. The van der Waals surface area contributed by atoms with E-state index in [1.165, 1.54) is 0 Å². The van der Waals surface area contributed by atoms with E-state index in [1.807, 2.05) is 19.1 Å². The minimum atomic E-state index is -0.0738. The van der Waals surface area contributed by atoms with Crippen LogP contribution in [0, 0.1) is 0 Å². The van der Waals surface area contributed by atoms with Crippen LogP contribution in [0.4, 0.5) is 11.4 Å². The second-order valence-electron chi connectivity index (χ2n) is 3.90. The molecule has 0 heterocycles. The van der Waals surface area contributed by atoms with Crippen molar-refractivity contribution in [2.75, 3.05) is 24.2 Å². The summed E-state index contributed by atoms with van der Waals surface area (Å²) in [6, 6.07) is 7.26. The zero-order valence-electron chi connectivity index (χ0n) is 10.7. The summed E-state index contributed by atoms with van der Waals surface area (Å²) in [6.07, 6.45) is 1.36. The molecule has 0 fully saturated rings. The van der Waals surface area contributed by atoms with Gasteiger partial charge in [-0.2, -0.15) is 0 Å². The van der Waals surface area contributed by atoms with E-state index >= 15 is 0 Å². The Balaban J connectivity index is 2.47. The number of hydrogen-bond acceptors (Lipinski definition) is 3. The van der Waals surface area contributed by atoms with E-state index in [0.29, 0.717) is 6.42 Å². The van der Waals surface area contributed by atoms with Crippen LogP contribution in [-0.4, -0.2) is 25.4 Å². The van der Waals surface area contributed by atoms with E-state index in [9.17, 15) is 9.59 Å². The van der Waals surface area contributed by atoms with Crippen LogP contribution in [0.2, 0.25) is 0 Å². The maximum atomic E-state index is 11.4. The van der Waals surface area contributed by atoms with E-state index in [1.54, 1.807) is 19.2 Å². The monoisotopic (exact) mass is 249 g/mol. The molecule has 1 aromatic rings. The Labute approximate surface area is 107 Å². The first-order valence-corrected chi connectivity index (χ1v) is 6.00. The summed E-state index contributed by atoms with van der Waals surface area (Å²) >= 11 is 0. The number of likely N-dealkylation sites (N-methyl/N-ethyl adjacent to an activating group) is 1. The Kier molecular flexibility index (Phi) is 5.70. The average molecular weight is 249 g/mol. The number of amides is 2. The number of anilines is 2. The second-order valence-corrected chi connectivity index (χ2v) is 3.90.